The standard InChI is InChI=1S/C22H22O10/c1-9-17(24)20(27)21(28)22(30-9)32-15-8-14-16(19(26)18(15)25)12(23)7-13(31-14)10-3-5-11(29-2)6-4-10/h3-9,17,20-22,24-28H,1-2H3/t9-,17-,20+,21?,22-/m1/s1. The van der Waals surface area contributed by atoms with Crippen molar-refractivity contribution in [1.82, 2.24) is 0 Å². The topological polar surface area (TPSA) is 159 Å². The van der Waals surface area contributed by atoms with Gasteiger partial charge >= 0.3 is 0 Å². The van der Waals surface area contributed by atoms with Gasteiger partial charge in [-0.05, 0) is 31.2 Å². The quantitative estimate of drug-likeness (QED) is 0.367. The highest BCUT2D eigenvalue weighted by Crippen LogP contribution is 2.42. The Morgan fingerprint density at radius 1 is 0.938 bits per heavy atom. The van der Waals surface area contributed by atoms with Crippen molar-refractivity contribution in [3.63, 3.8) is 0 Å². The van der Waals surface area contributed by atoms with Crippen molar-refractivity contribution in [2.75, 3.05) is 7.11 Å². The van der Waals surface area contributed by atoms with Crippen molar-refractivity contribution in [3.05, 3.63) is 46.6 Å². The first kappa shape index (κ1) is 21.9. The van der Waals surface area contributed by atoms with Gasteiger partial charge < -0.3 is 44.2 Å². The largest absolute Gasteiger partial charge is 0.504 e. The van der Waals surface area contributed by atoms with Gasteiger partial charge in [0.2, 0.25) is 12.0 Å². The van der Waals surface area contributed by atoms with Gasteiger partial charge in [-0.1, -0.05) is 0 Å². The maximum atomic E-state index is 12.6. The number of hydrogen-bond donors (Lipinski definition) is 5. The average Bonchev–Trinajstić information content (AvgIpc) is 2.78. The Bertz CT molecular complexity index is 1190. The predicted molar refractivity (Wildman–Crippen MR) is 111 cm³/mol. The lowest BCUT2D eigenvalue weighted by atomic mass is 10.00. The summed E-state index contributed by atoms with van der Waals surface area (Å²) in [7, 11) is 1.52. The molecule has 0 amide bonds. The van der Waals surface area contributed by atoms with Gasteiger partial charge in [-0.2, -0.15) is 0 Å². The van der Waals surface area contributed by atoms with E-state index in [9.17, 15) is 30.3 Å². The number of benzene rings is 2. The van der Waals surface area contributed by atoms with E-state index in [0.29, 0.717) is 11.3 Å². The second-order valence-corrected chi connectivity index (χ2v) is 7.45. The van der Waals surface area contributed by atoms with Crippen molar-refractivity contribution < 1.29 is 44.2 Å². The summed E-state index contributed by atoms with van der Waals surface area (Å²) in [5.41, 5.74) is -0.123. The fraction of sp³-hybridized carbons (Fsp3) is 0.318. The molecule has 0 saturated carbocycles. The van der Waals surface area contributed by atoms with E-state index in [2.05, 4.69) is 0 Å². The molecule has 1 fully saturated rings. The van der Waals surface area contributed by atoms with Gasteiger partial charge in [0.25, 0.3) is 0 Å². The monoisotopic (exact) mass is 446 g/mol. The van der Waals surface area contributed by atoms with Gasteiger partial charge in [0, 0.05) is 17.7 Å². The molecule has 5 N–H and O–H groups in total. The summed E-state index contributed by atoms with van der Waals surface area (Å²) in [5, 5.41) is 50.4. The van der Waals surface area contributed by atoms with E-state index in [4.69, 9.17) is 18.6 Å². The second kappa shape index (κ2) is 8.32. The number of methoxy groups -OCH3 is 1. The zero-order valence-electron chi connectivity index (χ0n) is 17.1. The molecule has 1 aliphatic rings. The Kier molecular flexibility index (Phi) is 5.70. The molecule has 1 saturated heterocycles. The molecule has 2 aromatic carbocycles. The smallest absolute Gasteiger partial charge is 0.229 e. The highest BCUT2D eigenvalue weighted by Gasteiger charge is 2.43. The van der Waals surface area contributed by atoms with Gasteiger partial charge in [0.15, 0.2) is 16.9 Å². The van der Waals surface area contributed by atoms with Crippen LogP contribution in [0.3, 0.4) is 0 Å². The van der Waals surface area contributed by atoms with E-state index in [1.165, 1.54) is 20.1 Å². The molecule has 2 heterocycles. The third-order valence-electron chi connectivity index (χ3n) is 5.36. The molecule has 1 aliphatic heterocycles. The molecular weight excluding hydrogens is 424 g/mol. The molecule has 0 radical (unpaired) electrons. The minimum absolute atomic E-state index is 0.0902. The fourth-order valence-electron chi connectivity index (χ4n) is 3.49. The number of phenols is 2. The van der Waals surface area contributed by atoms with Gasteiger partial charge in [-0.3, -0.25) is 4.79 Å². The van der Waals surface area contributed by atoms with Crippen molar-refractivity contribution >= 4 is 11.0 Å². The summed E-state index contributed by atoms with van der Waals surface area (Å²) < 4.78 is 21.7. The minimum Gasteiger partial charge on any atom is -0.504 e. The van der Waals surface area contributed by atoms with Gasteiger partial charge in [0.1, 0.15) is 40.8 Å². The van der Waals surface area contributed by atoms with E-state index in [0.717, 1.165) is 6.07 Å². The van der Waals surface area contributed by atoms with E-state index in [1.807, 2.05) is 0 Å². The van der Waals surface area contributed by atoms with Crippen LogP contribution in [-0.4, -0.2) is 63.3 Å². The highest BCUT2D eigenvalue weighted by molar-refractivity contribution is 5.89. The van der Waals surface area contributed by atoms with Crippen molar-refractivity contribution in [2.24, 2.45) is 0 Å². The lowest BCUT2D eigenvalue weighted by Crippen LogP contribution is -2.58. The molecule has 170 valence electrons. The van der Waals surface area contributed by atoms with Crippen LogP contribution in [0.2, 0.25) is 0 Å². The SMILES string of the molecule is COc1ccc(-c2cc(=O)c3c(O)c(O)c(O[C@H]4O[C@H](C)[C@@H](O)[C@H](O)C4O)cc3o2)cc1. The predicted octanol–water partition coefficient (Wildman–Crippen LogP) is 1.09. The van der Waals surface area contributed by atoms with Gasteiger partial charge in [-0.15, -0.1) is 0 Å². The third-order valence-corrected chi connectivity index (χ3v) is 5.36. The minimum atomic E-state index is -1.64. The Labute approximate surface area is 181 Å². The number of phenolic OH excluding ortho intramolecular Hbond substituents is 2. The van der Waals surface area contributed by atoms with Crippen molar-refractivity contribution in [3.8, 4) is 34.3 Å². The second-order valence-electron chi connectivity index (χ2n) is 7.45. The molecule has 10 nitrogen and oxygen atoms in total. The van der Waals surface area contributed by atoms with Crippen LogP contribution < -0.4 is 14.9 Å². The van der Waals surface area contributed by atoms with Crippen LogP contribution >= 0.6 is 0 Å². The number of ether oxygens (including phenoxy) is 3. The van der Waals surface area contributed by atoms with E-state index in [-0.39, 0.29) is 22.5 Å². The lowest BCUT2D eigenvalue weighted by Gasteiger charge is -2.38. The molecular formula is C22H22O10. The first-order valence-corrected chi connectivity index (χ1v) is 9.74. The summed E-state index contributed by atoms with van der Waals surface area (Å²) in [4.78, 5) is 12.6. The zero-order valence-corrected chi connectivity index (χ0v) is 17.1. The molecule has 1 unspecified atom stereocenters. The maximum absolute atomic E-state index is 12.6. The van der Waals surface area contributed by atoms with Gasteiger partial charge in [-0.25, -0.2) is 0 Å². The third kappa shape index (κ3) is 3.73. The maximum Gasteiger partial charge on any atom is 0.229 e. The Balaban J connectivity index is 1.75. The number of aliphatic hydroxyl groups is 3. The van der Waals surface area contributed by atoms with Crippen LogP contribution in [0.4, 0.5) is 0 Å². The number of aliphatic hydroxyl groups excluding tert-OH is 3. The summed E-state index contributed by atoms with van der Waals surface area (Å²) in [5.74, 6) is -1.09. The number of rotatable bonds is 4. The molecule has 0 aliphatic carbocycles. The molecule has 1 aromatic heterocycles. The molecule has 10 heteroatoms. The first-order chi connectivity index (χ1) is 15.2. The van der Waals surface area contributed by atoms with Crippen LogP contribution in [0.5, 0.6) is 23.0 Å². The molecule has 0 bridgehead atoms. The fourth-order valence-corrected chi connectivity index (χ4v) is 3.49. The van der Waals surface area contributed by atoms with Crippen LogP contribution in [-0.2, 0) is 4.74 Å². The Hall–Kier alpha value is -3.31. The molecule has 0 spiro atoms. The molecule has 5 atom stereocenters. The summed E-state index contributed by atoms with van der Waals surface area (Å²) in [6, 6.07) is 9.08. The summed E-state index contributed by atoms with van der Waals surface area (Å²) in [6.45, 7) is 1.47. The summed E-state index contributed by atoms with van der Waals surface area (Å²) >= 11 is 0. The first-order valence-electron chi connectivity index (χ1n) is 9.74. The lowest BCUT2D eigenvalue weighted by molar-refractivity contribution is -0.268. The Morgan fingerprint density at radius 3 is 2.28 bits per heavy atom. The van der Waals surface area contributed by atoms with Crippen molar-refractivity contribution in [2.45, 2.75) is 37.6 Å². The van der Waals surface area contributed by atoms with Crippen LogP contribution in [0, 0.1) is 0 Å². The van der Waals surface area contributed by atoms with E-state index < -0.39 is 47.6 Å². The molecule has 32 heavy (non-hydrogen) atoms. The molecule has 4 rings (SSSR count). The van der Waals surface area contributed by atoms with Crippen LogP contribution in [0.1, 0.15) is 6.92 Å². The number of aromatic hydroxyl groups is 2. The normalized spacial score (nSPS) is 25.6. The van der Waals surface area contributed by atoms with Gasteiger partial charge in [0.05, 0.1) is 13.2 Å². The van der Waals surface area contributed by atoms with Crippen LogP contribution in [0.25, 0.3) is 22.3 Å². The Morgan fingerprint density at radius 2 is 1.62 bits per heavy atom. The molecule has 3 aromatic rings. The van der Waals surface area contributed by atoms with Crippen molar-refractivity contribution in [1.29, 1.82) is 0 Å². The zero-order chi connectivity index (χ0) is 23.2. The number of hydrogen-bond acceptors (Lipinski definition) is 10. The van der Waals surface area contributed by atoms with E-state index in [1.54, 1.807) is 24.3 Å². The number of fused-ring (bicyclic) bond motifs is 1. The highest BCUT2D eigenvalue weighted by atomic mass is 16.7. The average molecular weight is 446 g/mol. The summed E-state index contributed by atoms with van der Waals surface area (Å²) in [6.07, 6.45) is -6.89. The van der Waals surface area contributed by atoms with Crippen LogP contribution in [0.15, 0.2) is 45.6 Å². The van der Waals surface area contributed by atoms with E-state index >= 15 is 0 Å².